The largest absolute Gasteiger partial charge is 0.493 e. The van der Waals surface area contributed by atoms with Gasteiger partial charge in [0.15, 0.2) is 4.32 Å². The Morgan fingerprint density at radius 3 is 2.68 bits per heavy atom. The van der Waals surface area contributed by atoms with Crippen molar-refractivity contribution in [1.29, 1.82) is 0 Å². The molecule has 1 fully saturated rings. The van der Waals surface area contributed by atoms with E-state index in [0.29, 0.717) is 49.1 Å². The summed E-state index contributed by atoms with van der Waals surface area (Å²) in [5.41, 5.74) is 1.92. The lowest BCUT2D eigenvalue weighted by molar-refractivity contribution is -0.113. The number of carbonyl (C=O) groups excluding carboxylic acids is 2. The fraction of sp³-hybridized carbons (Fsp3) is 0.0800. The molecule has 0 saturated carbocycles. The minimum atomic E-state index is -0.395. The maximum atomic E-state index is 13.2. The molecule has 0 atom stereocenters. The summed E-state index contributed by atoms with van der Waals surface area (Å²) >= 11 is 12.8. The molecule has 34 heavy (non-hydrogen) atoms. The van der Waals surface area contributed by atoms with Crippen molar-refractivity contribution in [2.75, 3.05) is 16.8 Å². The van der Waals surface area contributed by atoms with E-state index < -0.39 is 11.7 Å². The van der Waals surface area contributed by atoms with Crippen LogP contribution in [0.15, 0.2) is 71.6 Å². The number of thiocarbonyl (C=S) groups is 1. The van der Waals surface area contributed by atoms with E-state index in [1.54, 1.807) is 48.5 Å². The fourth-order valence-electron chi connectivity index (χ4n) is 3.27. The first-order valence-electron chi connectivity index (χ1n) is 10.2. The van der Waals surface area contributed by atoms with Gasteiger partial charge in [-0.3, -0.25) is 14.5 Å². The highest BCUT2D eigenvalue weighted by molar-refractivity contribution is 8.27. The predicted octanol–water partition coefficient (Wildman–Crippen LogP) is 6.54. The van der Waals surface area contributed by atoms with Crippen LogP contribution < -0.4 is 15.0 Å². The predicted molar refractivity (Wildman–Crippen MR) is 139 cm³/mol. The number of anilines is 2. The number of ether oxygens (including phenoxy) is 1. The zero-order valence-corrected chi connectivity index (χ0v) is 20.3. The number of rotatable bonds is 6. The molecule has 9 heteroatoms. The smallest absolute Gasteiger partial charge is 0.270 e. The van der Waals surface area contributed by atoms with Crippen LogP contribution in [0.4, 0.5) is 15.8 Å². The van der Waals surface area contributed by atoms with Gasteiger partial charge in [-0.05, 0) is 73.7 Å². The molecule has 172 valence electrons. The van der Waals surface area contributed by atoms with E-state index in [0.717, 1.165) is 11.8 Å². The van der Waals surface area contributed by atoms with Crippen molar-refractivity contribution in [3.8, 4) is 5.75 Å². The van der Waals surface area contributed by atoms with Crippen molar-refractivity contribution in [3.63, 3.8) is 0 Å². The molecule has 3 aromatic rings. The third kappa shape index (κ3) is 5.30. The standard InChI is InChI=1S/C25H18ClFN2O3S2/c1-2-32-21-11-6-17(26)12-16(21)14-22-24(31)29(25(33)34-22)20-5-3-4-15(13-20)23(30)28-19-9-7-18(27)8-10-19/h3-14H,2H2,1H3,(H,28,30)/b22-14+. The second-order valence-corrected chi connectivity index (χ2v) is 9.26. The molecule has 2 amide bonds. The number of thioether (sulfide) groups is 1. The number of nitrogens with one attached hydrogen (secondary N) is 1. The van der Waals surface area contributed by atoms with Gasteiger partial charge in [0.2, 0.25) is 0 Å². The van der Waals surface area contributed by atoms with Crippen molar-refractivity contribution >= 4 is 69.2 Å². The molecule has 5 nitrogen and oxygen atoms in total. The summed E-state index contributed by atoms with van der Waals surface area (Å²) in [5.74, 6) is -0.492. The van der Waals surface area contributed by atoms with Crippen molar-refractivity contribution in [2.45, 2.75) is 6.92 Å². The lowest BCUT2D eigenvalue weighted by Crippen LogP contribution is -2.27. The number of halogens is 2. The minimum absolute atomic E-state index is 0.312. The molecular weight excluding hydrogens is 495 g/mol. The molecule has 1 heterocycles. The van der Waals surface area contributed by atoms with Gasteiger partial charge < -0.3 is 10.1 Å². The summed E-state index contributed by atoms with van der Waals surface area (Å²) in [7, 11) is 0. The number of hydrogen-bond acceptors (Lipinski definition) is 5. The van der Waals surface area contributed by atoms with E-state index in [2.05, 4.69) is 5.32 Å². The van der Waals surface area contributed by atoms with Crippen LogP contribution in [-0.2, 0) is 4.79 Å². The third-order valence-electron chi connectivity index (χ3n) is 4.82. The van der Waals surface area contributed by atoms with E-state index in [1.165, 1.54) is 29.2 Å². The topological polar surface area (TPSA) is 58.6 Å². The summed E-state index contributed by atoms with van der Waals surface area (Å²) < 4.78 is 19.1. The highest BCUT2D eigenvalue weighted by Crippen LogP contribution is 2.38. The summed E-state index contributed by atoms with van der Waals surface area (Å²) in [6.45, 7) is 2.34. The van der Waals surface area contributed by atoms with Crippen molar-refractivity contribution < 1.29 is 18.7 Å². The second kappa shape index (κ2) is 10.4. The van der Waals surface area contributed by atoms with Crippen molar-refractivity contribution in [3.05, 3.63) is 93.6 Å². The van der Waals surface area contributed by atoms with E-state index in [9.17, 15) is 14.0 Å². The average Bonchev–Trinajstić information content (AvgIpc) is 3.10. The normalized spacial score (nSPS) is 14.6. The number of hydrogen-bond donors (Lipinski definition) is 1. The molecule has 1 N–H and O–H groups in total. The molecule has 1 saturated heterocycles. The minimum Gasteiger partial charge on any atom is -0.493 e. The molecule has 0 aromatic heterocycles. The van der Waals surface area contributed by atoms with Gasteiger partial charge in [-0.25, -0.2) is 4.39 Å². The van der Waals surface area contributed by atoms with Crippen LogP contribution in [0.2, 0.25) is 5.02 Å². The molecule has 0 bridgehead atoms. The Morgan fingerprint density at radius 1 is 1.18 bits per heavy atom. The third-order valence-corrected chi connectivity index (χ3v) is 6.36. The molecule has 0 spiro atoms. The number of carbonyl (C=O) groups is 2. The van der Waals surface area contributed by atoms with E-state index in [1.807, 2.05) is 6.92 Å². The summed E-state index contributed by atoms with van der Waals surface area (Å²) in [5, 5.41) is 3.22. The van der Waals surface area contributed by atoms with Crippen LogP contribution in [0.3, 0.4) is 0 Å². The zero-order chi connectivity index (χ0) is 24.2. The lowest BCUT2D eigenvalue weighted by Gasteiger charge is -2.15. The van der Waals surface area contributed by atoms with Gasteiger partial charge in [0.1, 0.15) is 11.6 Å². The maximum Gasteiger partial charge on any atom is 0.270 e. The highest BCUT2D eigenvalue weighted by Gasteiger charge is 2.33. The Hall–Kier alpha value is -3.20. The van der Waals surface area contributed by atoms with Gasteiger partial charge in [0, 0.05) is 21.8 Å². The molecule has 1 aliphatic rings. The van der Waals surface area contributed by atoms with Crippen molar-refractivity contribution in [1.82, 2.24) is 0 Å². The summed E-state index contributed by atoms with van der Waals surface area (Å²) in [4.78, 5) is 27.7. The first kappa shape index (κ1) is 23.9. The maximum absolute atomic E-state index is 13.2. The van der Waals surface area contributed by atoms with Crippen LogP contribution in [0.25, 0.3) is 6.08 Å². The number of benzene rings is 3. The molecule has 3 aromatic carbocycles. The summed E-state index contributed by atoms with van der Waals surface area (Å²) in [6.07, 6.45) is 1.70. The van der Waals surface area contributed by atoms with Gasteiger partial charge in [0.05, 0.1) is 17.2 Å². The molecule has 0 radical (unpaired) electrons. The molecule has 0 aliphatic carbocycles. The van der Waals surface area contributed by atoms with Crippen molar-refractivity contribution in [2.24, 2.45) is 0 Å². The van der Waals surface area contributed by atoms with Crippen LogP contribution in [0, 0.1) is 5.82 Å². The van der Waals surface area contributed by atoms with Crippen LogP contribution in [0.1, 0.15) is 22.8 Å². The Morgan fingerprint density at radius 2 is 1.94 bits per heavy atom. The molecular formula is C25H18ClFN2O3S2. The van der Waals surface area contributed by atoms with E-state index >= 15 is 0 Å². The Bertz CT molecular complexity index is 1310. The first-order chi connectivity index (χ1) is 16.4. The number of amides is 2. The monoisotopic (exact) mass is 512 g/mol. The lowest BCUT2D eigenvalue weighted by atomic mass is 10.1. The number of nitrogens with zero attached hydrogens (tertiary/aromatic N) is 1. The quantitative estimate of drug-likeness (QED) is 0.300. The van der Waals surface area contributed by atoms with Gasteiger partial charge in [0.25, 0.3) is 11.8 Å². The fourth-order valence-corrected chi connectivity index (χ4v) is 4.74. The average molecular weight is 513 g/mol. The van der Waals surface area contributed by atoms with Gasteiger partial charge in [-0.1, -0.05) is 41.6 Å². The van der Waals surface area contributed by atoms with E-state index in [4.69, 9.17) is 28.6 Å². The van der Waals surface area contributed by atoms with Gasteiger partial charge in [-0.15, -0.1) is 0 Å². The molecule has 4 rings (SSSR count). The Labute approximate surface area is 210 Å². The van der Waals surface area contributed by atoms with Gasteiger partial charge >= 0.3 is 0 Å². The highest BCUT2D eigenvalue weighted by atomic mass is 35.5. The molecule has 0 unspecified atom stereocenters. The SMILES string of the molecule is CCOc1ccc(Cl)cc1/C=C1/SC(=S)N(c2cccc(C(=O)Nc3ccc(F)cc3)c2)C1=O. The Kier molecular flexibility index (Phi) is 7.31. The second-order valence-electron chi connectivity index (χ2n) is 7.14. The van der Waals surface area contributed by atoms with Gasteiger partial charge in [-0.2, -0.15) is 0 Å². The van der Waals surface area contributed by atoms with Crippen LogP contribution in [-0.4, -0.2) is 22.7 Å². The van der Waals surface area contributed by atoms with E-state index in [-0.39, 0.29) is 5.91 Å². The Balaban J connectivity index is 1.59. The first-order valence-corrected chi connectivity index (χ1v) is 11.8. The molecule has 1 aliphatic heterocycles. The van der Waals surface area contributed by atoms with Crippen LogP contribution in [0.5, 0.6) is 5.75 Å². The van der Waals surface area contributed by atoms with Crippen LogP contribution >= 0.6 is 35.6 Å². The summed E-state index contributed by atoms with van der Waals surface area (Å²) in [6, 6.07) is 17.2. The zero-order valence-electron chi connectivity index (χ0n) is 17.9.